The summed E-state index contributed by atoms with van der Waals surface area (Å²) in [6, 6.07) is 7.94. The van der Waals surface area contributed by atoms with Gasteiger partial charge in [-0.1, -0.05) is 24.6 Å². The number of halogens is 1. The lowest BCUT2D eigenvalue weighted by molar-refractivity contribution is -0.123. The highest BCUT2D eigenvalue weighted by atomic mass is 35.5. The molecule has 1 saturated heterocycles. The van der Waals surface area contributed by atoms with E-state index in [2.05, 4.69) is 42.0 Å². The van der Waals surface area contributed by atoms with E-state index in [9.17, 15) is 4.79 Å². The van der Waals surface area contributed by atoms with Crippen LogP contribution in [-0.4, -0.2) is 49.1 Å². The highest BCUT2D eigenvalue weighted by Crippen LogP contribution is 2.20. The lowest BCUT2D eigenvalue weighted by atomic mass is 10.0. The van der Waals surface area contributed by atoms with Gasteiger partial charge in [-0.15, -0.1) is 0 Å². The van der Waals surface area contributed by atoms with E-state index in [4.69, 9.17) is 11.6 Å². The average molecular weight is 324 g/mol. The van der Waals surface area contributed by atoms with Crippen LogP contribution < -0.4 is 10.2 Å². The predicted octanol–water partition coefficient (Wildman–Crippen LogP) is 2.77. The SMILES string of the molecule is CCC(C)(C)NC(=O)CN1CCN(c2cccc(Cl)c2)CC1. The molecule has 4 nitrogen and oxygen atoms in total. The highest BCUT2D eigenvalue weighted by molar-refractivity contribution is 6.30. The molecular weight excluding hydrogens is 298 g/mol. The van der Waals surface area contributed by atoms with E-state index in [1.54, 1.807) is 0 Å². The number of anilines is 1. The van der Waals surface area contributed by atoms with Crippen molar-refractivity contribution in [2.75, 3.05) is 37.6 Å². The summed E-state index contributed by atoms with van der Waals surface area (Å²) in [6.45, 7) is 10.3. The topological polar surface area (TPSA) is 35.6 Å². The molecule has 1 N–H and O–H groups in total. The molecule has 0 aromatic heterocycles. The van der Waals surface area contributed by atoms with Crippen molar-refractivity contribution in [1.29, 1.82) is 0 Å². The smallest absolute Gasteiger partial charge is 0.234 e. The van der Waals surface area contributed by atoms with Gasteiger partial charge in [-0.2, -0.15) is 0 Å². The minimum Gasteiger partial charge on any atom is -0.369 e. The predicted molar refractivity (Wildman–Crippen MR) is 92.6 cm³/mol. The molecule has 1 aromatic rings. The van der Waals surface area contributed by atoms with Gasteiger partial charge >= 0.3 is 0 Å². The molecule has 1 aliphatic rings. The van der Waals surface area contributed by atoms with Gasteiger partial charge in [0.25, 0.3) is 0 Å². The summed E-state index contributed by atoms with van der Waals surface area (Å²) < 4.78 is 0. The molecule has 2 rings (SSSR count). The van der Waals surface area contributed by atoms with Crippen molar-refractivity contribution in [1.82, 2.24) is 10.2 Å². The summed E-state index contributed by atoms with van der Waals surface area (Å²) in [5.74, 6) is 0.114. The first-order chi connectivity index (χ1) is 10.4. The van der Waals surface area contributed by atoms with Gasteiger partial charge < -0.3 is 10.2 Å². The van der Waals surface area contributed by atoms with Gasteiger partial charge in [-0.05, 0) is 38.5 Å². The van der Waals surface area contributed by atoms with Crippen LogP contribution in [0.15, 0.2) is 24.3 Å². The Morgan fingerprint density at radius 1 is 1.27 bits per heavy atom. The number of nitrogens with one attached hydrogen (secondary N) is 1. The van der Waals surface area contributed by atoms with Crippen LogP contribution in [0.1, 0.15) is 27.2 Å². The van der Waals surface area contributed by atoms with Crippen LogP contribution in [-0.2, 0) is 4.79 Å². The summed E-state index contributed by atoms with van der Waals surface area (Å²) in [4.78, 5) is 16.6. The Labute approximate surface area is 138 Å². The Bertz CT molecular complexity index is 510. The average Bonchev–Trinajstić information content (AvgIpc) is 2.47. The molecule has 0 atom stereocenters. The quantitative estimate of drug-likeness (QED) is 0.905. The highest BCUT2D eigenvalue weighted by Gasteiger charge is 2.22. The van der Waals surface area contributed by atoms with Gasteiger partial charge in [-0.3, -0.25) is 9.69 Å². The van der Waals surface area contributed by atoms with E-state index < -0.39 is 0 Å². The summed E-state index contributed by atoms with van der Waals surface area (Å²) in [5.41, 5.74) is 1.03. The maximum Gasteiger partial charge on any atom is 0.234 e. The largest absolute Gasteiger partial charge is 0.369 e. The normalized spacial score (nSPS) is 16.6. The summed E-state index contributed by atoms with van der Waals surface area (Å²) >= 11 is 6.05. The molecule has 0 radical (unpaired) electrons. The third-order valence-electron chi connectivity index (χ3n) is 4.27. The Kier molecular flexibility index (Phi) is 5.70. The molecule has 5 heteroatoms. The molecular formula is C17H26ClN3O. The fourth-order valence-corrected chi connectivity index (χ4v) is 2.73. The first kappa shape index (κ1) is 17.1. The van der Waals surface area contributed by atoms with E-state index in [-0.39, 0.29) is 11.4 Å². The Morgan fingerprint density at radius 2 is 1.95 bits per heavy atom. The second-order valence-electron chi connectivity index (χ2n) is 6.53. The minimum absolute atomic E-state index is 0.114. The van der Waals surface area contributed by atoms with Gasteiger partial charge in [0.05, 0.1) is 6.54 Å². The molecule has 1 amide bonds. The lowest BCUT2D eigenvalue weighted by Gasteiger charge is -2.36. The standard InChI is InChI=1S/C17H26ClN3O/c1-4-17(2,3)19-16(22)13-20-8-10-21(11-9-20)15-7-5-6-14(18)12-15/h5-7,12H,4,8-11,13H2,1-3H3,(H,19,22). The van der Waals surface area contributed by atoms with Crippen LogP contribution in [0.2, 0.25) is 5.02 Å². The number of nitrogens with zero attached hydrogens (tertiary/aromatic N) is 2. The second-order valence-corrected chi connectivity index (χ2v) is 6.97. The van der Waals surface area contributed by atoms with Gasteiger partial charge in [0, 0.05) is 42.4 Å². The number of piperazine rings is 1. The molecule has 1 heterocycles. The zero-order chi connectivity index (χ0) is 16.2. The van der Waals surface area contributed by atoms with Crippen molar-refractivity contribution in [2.24, 2.45) is 0 Å². The van der Waals surface area contributed by atoms with Crippen LogP contribution in [0.5, 0.6) is 0 Å². The first-order valence-electron chi connectivity index (χ1n) is 7.93. The number of amides is 1. The molecule has 0 spiro atoms. The van der Waals surface area contributed by atoms with Crippen LogP contribution in [0.4, 0.5) is 5.69 Å². The van der Waals surface area contributed by atoms with Crippen molar-refractivity contribution in [3.05, 3.63) is 29.3 Å². The summed E-state index contributed by atoms with van der Waals surface area (Å²) in [6.07, 6.45) is 0.932. The maximum absolute atomic E-state index is 12.1. The lowest BCUT2D eigenvalue weighted by Crippen LogP contribution is -2.52. The van der Waals surface area contributed by atoms with Crippen LogP contribution in [0.25, 0.3) is 0 Å². The van der Waals surface area contributed by atoms with Crippen LogP contribution in [0, 0.1) is 0 Å². The number of rotatable bonds is 5. The zero-order valence-corrected chi connectivity index (χ0v) is 14.5. The molecule has 0 bridgehead atoms. The first-order valence-corrected chi connectivity index (χ1v) is 8.31. The third kappa shape index (κ3) is 4.89. The molecule has 22 heavy (non-hydrogen) atoms. The molecule has 1 aromatic carbocycles. The van der Waals surface area contributed by atoms with Gasteiger partial charge in [-0.25, -0.2) is 0 Å². The monoisotopic (exact) mass is 323 g/mol. The van der Waals surface area contributed by atoms with E-state index in [0.717, 1.165) is 43.3 Å². The van der Waals surface area contributed by atoms with E-state index in [1.807, 2.05) is 18.2 Å². The Balaban J connectivity index is 1.81. The fourth-order valence-electron chi connectivity index (χ4n) is 2.55. The van der Waals surface area contributed by atoms with Crippen molar-refractivity contribution < 1.29 is 4.79 Å². The van der Waals surface area contributed by atoms with Crippen LogP contribution in [0.3, 0.4) is 0 Å². The number of hydrogen-bond donors (Lipinski definition) is 1. The minimum atomic E-state index is -0.125. The zero-order valence-electron chi connectivity index (χ0n) is 13.7. The van der Waals surface area contributed by atoms with Gasteiger partial charge in [0.2, 0.25) is 5.91 Å². The Hall–Kier alpha value is -1.26. The molecule has 1 aliphatic heterocycles. The molecule has 0 saturated carbocycles. The third-order valence-corrected chi connectivity index (χ3v) is 4.51. The van der Waals surface area contributed by atoms with Crippen molar-refractivity contribution in [2.45, 2.75) is 32.7 Å². The van der Waals surface area contributed by atoms with E-state index in [1.165, 1.54) is 0 Å². The molecule has 1 fully saturated rings. The van der Waals surface area contributed by atoms with Crippen molar-refractivity contribution in [3.8, 4) is 0 Å². The summed E-state index contributed by atoms with van der Waals surface area (Å²) in [5, 5.41) is 3.86. The molecule has 0 unspecified atom stereocenters. The molecule has 0 aliphatic carbocycles. The van der Waals surface area contributed by atoms with Crippen molar-refractivity contribution in [3.63, 3.8) is 0 Å². The summed E-state index contributed by atoms with van der Waals surface area (Å²) in [7, 11) is 0. The number of carbonyl (C=O) groups is 1. The fraction of sp³-hybridized carbons (Fsp3) is 0.588. The molecule has 122 valence electrons. The van der Waals surface area contributed by atoms with Gasteiger partial charge in [0.1, 0.15) is 0 Å². The number of benzene rings is 1. The number of carbonyl (C=O) groups excluding carboxylic acids is 1. The van der Waals surface area contributed by atoms with Crippen LogP contribution >= 0.6 is 11.6 Å². The Morgan fingerprint density at radius 3 is 2.55 bits per heavy atom. The van der Waals surface area contributed by atoms with E-state index >= 15 is 0 Å². The van der Waals surface area contributed by atoms with E-state index in [0.29, 0.717) is 6.54 Å². The second kappa shape index (κ2) is 7.34. The van der Waals surface area contributed by atoms with Crippen molar-refractivity contribution >= 4 is 23.2 Å². The number of hydrogen-bond acceptors (Lipinski definition) is 3. The van der Waals surface area contributed by atoms with Gasteiger partial charge in [0.15, 0.2) is 0 Å². The maximum atomic E-state index is 12.1.